The third-order valence-electron chi connectivity index (χ3n) is 4.49. The Balaban J connectivity index is 4.01. The zero-order valence-electron chi connectivity index (χ0n) is 15.1. The van der Waals surface area contributed by atoms with Crippen LogP contribution in [0.3, 0.4) is 0 Å². The fourth-order valence-electron chi connectivity index (χ4n) is 3.04. The molecule has 0 amide bonds. The van der Waals surface area contributed by atoms with Crippen LogP contribution >= 0.6 is 0 Å². The van der Waals surface area contributed by atoms with E-state index < -0.39 is 0 Å². The normalized spacial score (nSPS) is 15.3. The first-order valence-electron chi connectivity index (χ1n) is 8.17. The SMILES string of the molecule is CC(C)CC(C)(C)CNCC(C)CC(C)(C)C(C)C. The number of rotatable bonds is 9. The summed E-state index contributed by atoms with van der Waals surface area (Å²) >= 11 is 0. The fourth-order valence-corrected chi connectivity index (χ4v) is 3.04. The van der Waals surface area contributed by atoms with Gasteiger partial charge in [0.05, 0.1) is 0 Å². The molecule has 0 aromatic heterocycles. The van der Waals surface area contributed by atoms with Gasteiger partial charge in [0.2, 0.25) is 0 Å². The molecule has 0 aromatic rings. The van der Waals surface area contributed by atoms with E-state index in [1.54, 1.807) is 0 Å². The van der Waals surface area contributed by atoms with E-state index in [4.69, 9.17) is 0 Å². The van der Waals surface area contributed by atoms with Crippen LogP contribution in [0.4, 0.5) is 0 Å². The maximum atomic E-state index is 3.69. The summed E-state index contributed by atoms with van der Waals surface area (Å²) in [5.41, 5.74) is 0.871. The third-order valence-corrected chi connectivity index (χ3v) is 4.49. The molecule has 0 saturated carbocycles. The van der Waals surface area contributed by atoms with Gasteiger partial charge in [0.1, 0.15) is 0 Å². The van der Waals surface area contributed by atoms with E-state index in [2.05, 4.69) is 67.6 Å². The second kappa shape index (κ2) is 7.67. The summed E-state index contributed by atoms with van der Waals surface area (Å²) in [6, 6.07) is 0. The predicted octanol–water partition coefficient (Wildman–Crippen LogP) is 5.36. The molecule has 19 heavy (non-hydrogen) atoms. The van der Waals surface area contributed by atoms with Crippen molar-refractivity contribution in [1.29, 1.82) is 0 Å². The molecule has 0 radical (unpaired) electrons. The second-order valence-electron chi connectivity index (χ2n) is 8.85. The molecule has 0 aliphatic rings. The van der Waals surface area contributed by atoms with Gasteiger partial charge in [-0.2, -0.15) is 0 Å². The van der Waals surface area contributed by atoms with E-state index in [1.165, 1.54) is 12.8 Å². The summed E-state index contributed by atoms with van der Waals surface area (Å²) in [6.07, 6.45) is 2.61. The van der Waals surface area contributed by atoms with Crippen molar-refractivity contribution in [1.82, 2.24) is 5.32 Å². The van der Waals surface area contributed by atoms with Crippen molar-refractivity contribution in [3.63, 3.8) is 0 Å². The predicted molar refractivity (Wildman–Crippen MR) is 88.5 cm³/mol. The monoisotopic (exact) mass is 269 g/mol. The molecule has 0 heterocycles. The molecule has 0 aromatic carbocycles. The van der Waals surface area contributed by atoms with Gasteiger partial charge in [-0.3, -0.25) is 0 Å². The van der Waals surface area contributed by atoms with Crippen molar-refractivity contribution < 1.29 is 0 Å². The lowest BCUT2D eigenvalue weighted by atomic mass is 9.74. The van der Waals surface area contributed by atoms with Crippen molar-refractivity contribution in [2.45, 2.75) is 75.2 Å². The molecule has 0 bridgehead atoms. The van der Waals surface area contributed by atoms with Crippen LogP contribution in [0, 0.1) is 28.6 Å². The van der Waals surface area contributed by atoms with E-state index in [9.17, 15) is 0 Å². The number of hydrogen-bond acceptors (Lipinski definition) is 1. The first-order chi connectivity index (χ1) is 8.46. The van der Waals surface area contributed by atoms with Crippen molar-refractivity contribution in [2.24, 2.45) is 28.6 Å². The van der Waals surface area contributed by atoms with Gasteiger partial charge in [-0.1, -0.05) is 62.3 Å². The minimum atomic E-state index is 0.418. The average Bonchev–Trinajstić information content (AvgIpc) is 2.13. The van der Waals surface area contributed by atoms with Crippen LogP contribution in [-0.4, -0.2) is 13.1 Å². The molecule has 0 rings (SSSR count). The highest BCUT2D eigenvalue weighted by Gasteiger charge is 2.25. The van der Waals surface area contributed by atoms with Gasteiger partial charge in [0.25, 0.3) is 0 Å². The average molecular weight is 270 g/mol. The zero-order valence-corrected chi connectivity index (χ0v) is 15.1. The summed E-state index contributed by atoms with van der Waals surface area (Å²) in [5.74, 6) is 2.30. The first kappa shape index (κ1) is 19.0. The van der Waals surface area contributed by atoms with Crippen molar-refractivity contribution in [3.8, 4) is 0 Å². The lowest BCUT2D eigenvalue weighted by molar-refractivity contribution is 0.187. The summed E-state index contributed by atoms with van der Waals surface area (Å²) in [5, 5.41) is 3.69. The summed E-state index contributed by atoms with van der Waals surface area (Å²) in [6.45, 7) is 23.5. The van der Waals surface area contributed by atoms with Gasteiger partial charge in [0.15, 0.2) is 0 Å². The van der Waals surface area contributed by atoms with Gasteiger partial charge >= 0.3 is 0 Å². The van der Waals surface area contributed by atoms with E-state index in [-0.39, 0.29) is 0 Å². The molecule has 1 unspecified atom stereocenters. The number of nitrogens with one attached hydrogen (secondary N) is 1. The lowest BCUT2D eigenvalue weighted by Gasteiger charge is -2.33. The highest BCUT2D eigenvalue weighted by atomic mass is 14.9. The molecular formula is C18H39N. The fraction of sp³-hybridized carbons (Fsp3) is 1.00. The summed E-state index contributed by atoms with van der Waals surface area (Å²) in [7, 11) is 0. The Labute approximate surface area is 122 Å². The Morgan fingerprint density at radius 3 is 1.79 bits per heavy atom. The summed E-state index contributed by atoms with van der Waals surface area (Å²) in [4.78, 5) is 0. The van der Waals surface area contributed by atoms with Crippen molar-refractivity contribution in [3.05, 3.63) is 0 Å². The Kier molecular flexibility index (Phi) is 7.65. The van der Waals surface area contributed by atoms with E-state index in [0.717, 1.165) is 30.8 Å². The van der Waals surface area contributed by atoms with Crippen LogP contribution in [0.2, 0.25) is 0 Å². The molecule has 116 valence electrons. The third kappa shape index (κ3) is 8.68. The smallest absolute Gasteiger partial charge is 0.000273 e. The minimum absolute atomic E-state index is 0.418. The molecular weight excluding hydrogens is 230 g/mol. The van der Waals surface area contributed by atoms with Gasteiger partial charge in [-0.05, 0) is 48.0 Å². The van der Waals surface area contributed by atoms with Gasteiger partial charge in [0, 0.05) is 6.54 Å². The number of hydrogen-bond donors (Lipinski definition) is 1. The molecule has 1 N–H and O–H groups in total. The Morgan fingerprint density at radius 2 is 1.37 bits per heavy atom. The molecule has 0 saturated heterocycles. The van der Waals surface area contributed by atoms with Crippen molar-refractivity contribution >= 4 is 0 Å². The first-order valence-corrected chi connectivity index (χ1v) is 8.17. The topological polar surface area (TPSA) is 12.0 Å². The van der Waals surface area contributed by atoms with Crippen LogP contribution in [0.15, 0.2) is 0 Å². The maximum absolute atomic E-state index is 3.69. The summed E-state index contributed by atoms with van der Waals surface area (Å²) < 4.78 is 0. The molecule has 0 aliphatic heterocycles. The van der Waals surface area contributed by atoms with Crippen molar-refractivity contribution in [2.75, 3.05) is 13.1 Å². The standard InChI is InChI=1S/C18H39N/c1-14(2)10-17(6,7)13-19-12-16(5)11-18(8,9)15(3)4/h14-16,19H,10-13H2,1-9H3. The lowest BCUT2D eigenvalue weighted by Crippen LogP contribution is -2.34. The zero-order chi connectivity index (χ0) is 15.3. The van der Waals surface area contributed by atoms with E-state index in [0.29, 0.717) is 10.8 Å². The highest BCUT2D eigenvalue weighted by molar-refractivity contribution is 4.77. The quantitative estimate of drug-likeness (QED) is 0.594. The van der Waals surface area contributed by atoms with E-state index in [1.807, 2.05) is 0 Å². The van der Waals surface area contributed by atoms with Gasteiger partial charge in [-0.25, -0.2) is 0 Å². The second-order valence-corrected chi connectivity index (χ2v) is 8.85. The molecule has 1 nitrogen and oxygen atoms in total. The molecule has 0 spiro atoms. The highest BCUT2D eigenvalue weighted by Crippen LogP contribution is 2.33. The Bertz CT molecular complexity index is 238. The van der Waals surface area contributed by atoms with Crippen LogP contribution in [0.5, 0.6) is 0 Å². The van der Waals surface area contributed by atoms with Crippen LogP contribution in [0.1, 0.15) is 75.2 Å². The van der Waals surface area contributed by atoms with Crippen LogP contribution < -0.4 is 5.32 Å². The minimum Gasteiger partial charge on any atom is -0.316 e. The molecule has 0 aliphatic carbocycles. The Hall–Kier alpha value is -0.0400. The van der Waals surface area contributed by atoms with Gasteiger partial charge in [-0.15, -0.1) is 0 Å². The largest absolute Gasteiger partial charge is 0.316 e. The van der Waals surface area contributed by atoms with Gasteiger partial charge < -0.3 is 5.32 Å². The molecule has 0 fully saturated rings. The van der Waals surface area contributed by atoms with Crippen LogP contribution in [-0.2, 0) is 0 Å². The molecule has 1 atom stereocenters. The molecule has 1 heteroatoms. The van der Waals surface area contributed by atoms with E-state index >= 15 is 0 Å². The Morgan fingerprint density at radius 1 is 0.842 bits per heavy atom. The maximum Gasteiger partial charge on any atom is 0.000273 e. The van der Waals surface area contributed by atoms with Crippen LogP contribution in [0.25, 0.3) is 0 Å².